The Balaban J connectivity index is 1.91. The van der Waals surface area contributed by atoms with Gasteiger partial charge in [-0.25, -0.2) is 0 Å². The van der Waals surface area contributed by atoms with E-state index in [0.29, 0.717) is 13.2 Å². The molecule has 4 nitrogen and oxygen atoms in total. The minimum atomic E-state index is -0.334. The van der Waals surface area contributed by atoms with Gasteiger partial charge in [-0.3, -0.25) is 4.79 Å². The minimum Gasteiger partial charge on any atom is -0.394 e. The predicted octanol–water partition coefficient (Wildman–Crippen LogP) is 0.444. The molecule has 2 fully saturated rings. The summed E-state index contributed by atoms with van der Waals surface area (Å²) in [6, 6.07) is 0. The maximum atomic E-state index is 11.9. The molecule has 0 aromatic heterocycles. The van der Waals surface area contributed by atoms with Crippen molar-refractivity contribution in [3.8, 4) is 0 Å². The van der Waals surface area contributed by atoms with E-state index in [1.807, 2.05) is 0 Å². The van der Waals surface area contributed by atoms with E-state index >= 15 is 0 Å². The lowest BCUT2D eigenvalue weighted by molar-refractivity contribution is -0.127. The highest BCUT2D eigenvalue weighted by atomic mass is 16.5. The summed E-state index contributed by atoms with van der Waals surface area (Å²) < 4.78 is 5.19. The molecule has 0 radical (unpaired) electrons. The van der Waals surface area contributed by atoms with Gasteiger partial charge in [0.15, 0.2) is 0 Å². The molecule has 2 rings (SSSR count). The molecule has 1 atom stereocenters. The normalized spacial score (nSPS) is 29.3. The van der Waals surface area contributed by atoms with E-state index in [4.69, 9.17) is 4.74 Å². The zero-order chi connectivity index (χ0) is 10.7. The highest BCUT2D eigenvalue weighted by Gasteiger charge is 2.36. The number of hydrogen-bond acceptors (Lipinski definition) is 3. The average Bonchev–Trinajstić information content (AvgIpc) is 2.88. The van der Waals surface area contributed by atoms with Gasteiger partial charge in [-0.2, -0.15) is 0 Å². The first-order valence-corrected chi connectivity index (χ1v) is 5.76. The molecule has 1 unspecified atom stereocenters. The van der Waals surface area contributed by atoms with Crippen LogP contribution in [0.15, 0.2) is 0 Å². The van der Waals surface area contributed by atoms with Gasteiger partial charge in [-0.05, 0) is 19.3 Å². The summed E-state index contributed by atoms with van der Waals surface area (Å²) in [4.78, 5) is 11.9. The van der Waals surface area contributed by atoms with E-state index in [9.17, 15) is 9.90 Å². The van der Waals surface area contributed by atoms with Crippen molar-refractivity contribution < 1.29 is 14.6 Å². The Morgan fingerprint density at radius 3 is 2.73 bits per heavy atom. The van der Waals surface area contributed by atoms with Crippen LogP contribution < -0.4 is 5.32 Å². The number of carbonyl (C=O) groups is 1. The molecule has 86 valence electrons. The SMILES string of the molecule is O=C(NC1(CO)CCCC1)C1CCOC1. The van der Waals surface area contributed by atoms with Crippen molar-refractivity contribution in [2.45, 2.75) is 37.6 Å². The summed E-state index contributed by atoms with van der Waals surface area (Å²) in [5.41, 5.74) is -0.334. The number of hydrogen-bond donors (Lipinski definition) is 2. The number of rotatable bonds is 3. The summed E-state index contributed by atoms with van der Waals surface area (Å²) >= 11 is 0. The second-order valence-corrected chi connectivity index (χ2v) is 4.70. The van der Waals surface area contributed by atoms with E-state index in [0.717, 1.165) is 32.1 Å². The van der Waals surface area contributed by atoms with Gasteiger partial charge in [-0.1, -0.05) is 12.8 Å². The van der Waals surface area contributed by atoms with Crippen molar-refractivity contribution in [1.29, 1.82) is 0 Å². The summed E-state index contributed by atoms with van der Waals surface area (Å²) in [7, 11) is 0. The molecule has 1 aliphatic carbocycles. The topological polar surface area (TPSA) is 58.6 Å². The molecule has 4 heteroatoms. The Morgan fingerprint density at radius 2 is 2.20 bits per heavy atom. The maximum absolute atomic E-state index is 11.9. The lowest BCUT2D eigenvalue weighted by atomic mass is 9.97. The molecule has 1 saturated heterocycles. The van der Waals surface area contributed by atoms with Crippen LogP contribution >= 0.6 is 0 Å². The average molecular weight is 213 g/mol. The fourth-order valence-electron chi connectivity index (χ4n) is 2.48. The molecule has 0 bridgehead atoms. The van der Waals surface area contributed by atoms with Gasteiger partial charge < -0.3 is 15.2 Å². The molecule has 0 aromatic rings. The van der Waals surface area contributed by atoms with Crippen LogP contribution in [0.25, 0.3) is 0 Å². The molecular formula is C11H19NO3. The molecule has 2 aliphatic rings. The lowest BCUT2D eigenvalue weighted by Crippen LogP contribution is -2.51. The summed E-state index contributed by atoms with van der Waals surface area (Å²) in [6.07, 6.45) is 4.82. The van der Waals surface area contributed by atoms with Gasteiger partial charge in [-0.15, -0.1) is 0 Å². The minimum absolute atomic E-state index is 0.00553. The van der Waals surface area contributed by atoms with Gasteiger partial charge in [0.25, 0.3) is 0 Å². The molecule has 1 saturated carbocycles. The first-order chi connectivity index (χ1) is 7.26. The second kappa shape index (κ2) is 4.49. The fraction of sp³-hybridized carbons (Fsp3) is 0.909. The predicted molar refractivity (Wildman–Crippen MR) is 55.4 cm³/mol. The van der Waals surface area contributed by atoms with Crippen LogP contribution in [0, 0.1) is 5.92 Å². The molecule has 1 aliphatic heterocycles. The first-order valence-electron chi connectivity index (χ1n) is 5.76. The highest BCUT2D eigenvalue weighted by molar-refractivity contribution is 5.79. The van der Waals surface area contributed by atoms with E-state index in [-0.39, 0.29) is 24.0 Å². The van der Waals surface area contributed by atoms with Crippen LogP contribution in [-0.4, -0.2) is 36.4 Å². The van der Waals surface area contributed by atoms with Crippen molar-refractivity contribution in [2.24, 2.45) is 5.92 Å². The van der Waals surface area contributed by atoms with E-state index in [2.05, 4.69) is 5.32 Å². The van der Waals surface area contributed by atoms with Crippen LogP contribution in [0.4, 0.5) is 0 Å². The number of aliphatic hydroxyl groups excluding tert-OH is 1. The fourth-order valence-corrected chi connectivity index (χ4v) is 2.48. The molecule has 2 N–H and O–H groups in total. The first kappa shape index (κ1) is 10.9. The number of ether oxygens (including phenoxy) is 1. The Kier molecular flexibility index (Phi) is 3.26. The molecular weight excluding hydrogens is 194 g/mol. The van der Waals surface area contributed by atoms with Gasteiger partial charge in [0.2, 0.25) is 5.91 Å². The molecule has 0 aromatic carbocycles. The van der Waals surface area contributed by atoms with E-state index in [1.54, 1.807) is 0 Å². The molecule has 0 spiro atoms. The molecule has 1 amide bonds. The van der Waals surface area contributed by atoms with Crippen molar-refractivity contribution in [1.82, 2.24) is 5.32 Å². The van der Waals surface area contributed by atoms with Crippen LogP contribution in [0.5, 0.6) is 0 Å². The van der Waals surface area contributed by atoms with Gasteiger partial charge in [0, 0.05) is 6.61 Å². The van der Waals surface area contributed by atoms with Crippen LogP contribution in [-0.2, 0) is 9.53 Å². The van der Waals surface area contributed by atoms with Gasteiger partial charge >= 0.3 is 0 Å². The summed E-state index contributed by atoms with van der Waals surface area (Å²) in [5, 5.41) is 12.4. The summed E-state index contributed by atoms with van der Waals surface area (Å²) in [5.74, 6) is 0.0532. The standard InChI is InChI=1S/C11H19NO3/c13-8-11(4-1-2-5-11)12-10(14)9-3-6-15-7-9/h9,13H,1-8H2,(H,12,14). The van der Waals surface area contributed by atoms with Crippen LogP contribution in [0.3, 0.4) is 0 Å². The van der Waals surface area contributed by atoms with Crippen molar-refractivity contribution in [3.05, 3.63) is 0 Å². The number of nitrogens with one attached hydrogen (secondary N) is 1. The number of aliphatic hydroxyl groups is 1. The largest absolute Gasteiger partial charge is 0.394 e. The Hall–Kier alpha value is -0.610. The molecule has 15 heavy (non-hydrogen) atoms. The van der Waals surface area contributed by atoms with Gasteiger partial charge in [0.1, 0.15) is 0 Å². The zero-order valence-corrected chi connectivity index (χ0v) is 9.00. The molecule has 1 heterocycles. The lowest BCUT2D eigenvalue weighted by Gasteiger charge is -2.29. The maximum Gasteiger partial charge on any atom is 0.226 e. The number of amides is 1. The Morgan fingerprint density at radius 1 is 1.47 bits per heavy atom. The van der Waals surface area contributed by atoms with E-state index < -0.39 is 0 Å². The Labute approximate surface area is 90.0 Å². The van der Waals surface area contributed by atoms with Crippen molar-refractivity contribution >= 4 is 5.91 Å². The third-order valence-corrected chi connectivity index (χ3v) is 3.55. The van der Waals surface area contributed by atoms with E-state index in [1.165, 1.54) is 0 Å². The highest BCUT2D eigenvalue weighted by Crippen LogP contribution is 2.29. The van der Waals surface area contributed by atoms with Crippen LogP contribution in [0.1, 0.15) is 32.1 Å². The van der Waals surface area contributed by atoms with Crippen molar-refractivity contribution in [3.63, 3.8) is 0 Å². The third-order valence-electron chi connectivity index (χ3n) is 3.55. The third kappa shape index (κ3) is 2.32. The zero-order valence-electron chi connectivity index (χ0n) is 9.00. The second-order valence-electron chi connectivity index (χ2n) is 4.70. The quantitative estimate of drug-likeness (QED) is 0.715. The monoisotopic (exact) mass is 213 g/mol. The van der Waals surface area contributed by atoms with Crippen LogP contribution in [0.2, 0.25) is 0 Å². The smallest absolute Gasteiger partial charge is 0.226 e. The Bertz CT molecular complexity index is 230. The van der Waals surface area contributed by atoms with Gasteiger partial charge in [0.05, 0.1) is 24.7 Å². The summed E-state index contributed by atoms with van der Waals surface area (Å²) in [6.45, 7) is 1.28. The number of carbonyl (C=O) groups excluding carboxylic acids is 1. The van der Waals surface area contributed by atoms with Crippen molar-refractivity contribution in [2.75, 3.05) is 19.8 Å².